The number of nitro benzene ring substituents is 1. The Hall–Kier alpha value is -1.43. The average Bonchev–Trinajstić information content (AvgIpc) is 2.21. The van der Waals surface area contributed by atoms with Crippen molar-refractivity contribution in [2.24, 2.45) is 0 Å². The van der Waals surface area contributed by atoms with Gasteiger partial charge in [0, 0.05) is 16.1 Å². The summed E-state index contributed by atoms with van der Waals surface area (Å²) in [4.78, 5) is 21.3. The number of esters is 1. The fourth-order valence-corrected chi connectivity index (χ4v) is 1.86. The number of rotatable bonds is 3. The standard InChI is InChI=1S/C10H10BrNO4/c1-6-3-8(11)7(5-10(13)16-2)4-9(6)12(14)15/h3-4H,5H2,1-2H3. The van der Waals surface area contributed by atoms with Crippen LogP contribution in [0.15, 0.2) is 16.6 Å². The van der Waals surface area contributed by atoms with Crippen molar-refractivity contribution in [3.05, 3.63) is 37.8 Å². The number of halogens is 1. The number of hydrogen-bond acceptors (Lipinski definition) is 4. The Kier molecular flexibility index (Phi) is 4.00. The van der Waals surface area contributed by atoms with Crippen LogP contribution in [-0.2, 0) is 16.0 Å². The van der Waals surface area contributed by atoms with E-state index in [0.29, 0.717) is 15.6 Å². The maximum Gasteiger partial charge on any atom is 0.310 e. The molecule has 16 heavy (non-hydrogen) atoms. The van der Waals surface area contributed by atoms with Crippen molar-refractivity contribution < 1.29 is 14.5 Å². The van der Waals surface area contributed by atoms with E-state index in [4.69, 9.17) is 0 Å². The highest BCUT2D eigenvalue weighted by Gasteiger charge is 2.16. The second kappa shape index (κ2) is 5.07. The van der Waals surface area contributed by atoms with Crippen LogP contribution in [0.5, 0.6) is 0 Å². The molecule has 0 aliphatic carbocycles. The molecule has 0 aliphatic rings. The summed E-state index contributed by atoms with van der Waals surface area (Å²) in [6.07, 6.45) is 0.0121. The SMILES string of the molecule is COC(=O)Cc1cc([N+](=O)[O-])c(C)cc1Br. The first kappa shape index (κ1) is 12.6. The van der Waals surface area contributed by atoms with Gasteiger partial charge in [-0.3, -0.25) is 14.9 Å². The molecule has 0 fully saturated rings. The number of ether oxygens (including phenoxy) is 1. The molecule has 0 unspecified atom stereocenters. The number of nitrogens with zero attached hydrogens (tertiary/aromatic N) is 1. The van der Waals surface area contributed by atoms with Gasteiger partial charge in [0.25, 0.3) is 5.69 Å². The molecule has 0 spiro atoms. The van der Waals surface area contributed by atoms with Gasteiger partial charge in [-0.05, 0) is 18.6 Å². The van der Waals surface area contributed by atoms with Crippen molar-refractivity contribution in [2.75, 3.05) is 7.11 Å². The molecule has 0 atom stereocenters. The minimum absolute atomic E-state index is 0.00195. The highest BCUT2D eigenvalue weighted by Crippen LogP contribution is 2.27. The van der Waals surface area contributed by atoms with Crippen LogP contribution in [0.4, 0.5) is 5.69 Å². The first-order chi connectivity index (χ1) is 7.45. The van der Waals surface area contributed by atoms with Gasteiger partial charge in [0.15, 0.2) is 0 Å². The topological polar surface area (TPSA) is 69.4 Å². The molecule has 5 nitrogen and oxygen atoms in total. The number of hydrogen-bond donors (Lipinski definition) is 0. The van der Waals surface area contributed by atoms with E-state index in [0.717, 1.165) is 0 Å². The van der Waals surface area contributed by atoms with E-state index < -0.39 is 10.9 Å². The van der Waals surface area contributed by atoms with Crippen LogP contribution in [-0.4, -0.2) is 18.0 Å². The van der Waals surface area contributed by atoms with E-state index >= 15 is 0 Å². The zero-order chi connectivity index (χ0) is 12.3. The molecule has 6 heteroatoms. The summed E-state index contributed by atoms with van der Waals surface area (Å²) < 4.78 is 5.18. The van der Waals surface area contributed by atoms with E-state index in [9.17, 15) is 14.9 Å². The number of benzene rings is 1. The van der Waals surface area contributed by atoms with Gasteiger partial charge in [-0.2, -0.15) is 0 Å². The van der Waals surface area contributed by atoms with Crippen molar-refractivity contribution in [2.45, 2.75) is 13.3 Å². The fourth-order valence-electron chi connectivity index (χ4n) is 1.26. The second-order valence-electron chi connectivity index (χ2n) is 3.24. The van der Waals surface area contributed by atoms with Crippen LogP contribution >= 0.6 is 15.9 Å². The van der Waals surface area contributed by atoms with Crippen molar-refractivity contribution in [1.29, 1.82) is 0 Å². The van der Waals surface area contributed by atoms with Crippen LogP contribution < -0.4 is 0 Å². The average molecular weight is 288 g/mol. The van der Waals surface area contributed by atoms with Gasteiger partial charge in [-0.1, -0.05) is 15.9 Å². The van der Waals surface area contributed by atoms with E-state index in [1.54, 1.807) is 13.0 Å². The van der Waals surface area contributed by atoms with Gasteiger partial charge >= 0.3 is 5.97 Å². The van der Waals surface area contributed by atoms with Gasteiger partial charge in [0.05, 0.1) is 18.5 Å². The maximum atomic E-state index is 11.1. The lowest BCUT2D eigenvalue weighted by molar-refractivity contribution is -0.385. The molecular weight excluding hydrogens is 278 g/mol. The minimum Gasteiger partial charge on any atom is -0.469 e. The Bertz CT molecular complexity index is 445. The van der Waals surface area contributed by atoms with E-state index in [1.807, 2.05) is 0 Å². The Labute approximate surface area is 101 Å². The monoisotopic (exact) mass is 287 g/mol. The third kappa shape index (κ3) is 2.79. The van der Waals surface area contributed by atoms with Gasteiger partial charge in [-0.15, -0.1) is 0 Å². The largest absolute Gasteiger partial charge is 0.469 e. The smallest absolute Gasteiger partial charge is 0.310 e. The molecule has 0 radical (unpaired) electrons. The van der Waals surface area contributed by atoms with Crippen LogP contribution in [0.2, 0.25) is 0 Å². The molecule has 0 bridgehead atoms. The Morgan fingerprint density at radius 3 is 2.69 bits per heavy atom. The molecule has 1 aromatic carbocycles. The van der Waals surface area contributed by atoms with Crippen molar-refractivity contribution in [1.82, 2.24) is 0 Å². The summed E-state index contributed by atoms with van der Waals surface area (Å²) in [6, 6.07) is 3.01. The molecule has 0 heterocycles. The Morgan fingerprint density at radius 1 is 1.56 bits per heavy atom. The summed E-state index contributed by atoms with van der Waals surface area (Å²) in [5.41, 5.74) is 1.09. The molecule has 0 amide bonds. The summed E-state index contributed by atoms with van der Waals surface area (Å²) in [7, 11) is 1.28. The number of nitro groups is 1. The first-order valence-electron chi connectivity index (χ1n) is 4.46. The van der Waals surface area contributed by atoms with Crippen LogP contribution in [0, 0.1) is 17.0 Å². The lowest BCUT2D eigenvalue weighted by Crippen LogP contribution is -2.06. The fraction of sp³-hybridized carbons (Fsp3) is 0.300. The molecule has 86 valence electrons. The van der Waals surface area contributed by atoms with Crippen molar-refractivity contribution in [3.63, 3.8) is 0 Å². The summed E-state index contributed by atoms with van der Waals surface area (Å²) in [6.45, 7) is 1.64. The zero-order valence-electron chi connectivity index (χ0n) is 8.82. The number of carbonyl (C=O) groups excluding carboxylic acids is 1. The van der Waals surface area contributed by atoms with E-state index in [2.05, 4.69) is 20.7 Å². The second-order valence-corrected chi connectivity index (χ2v) is 4.09. The quantitative estimate of drug-likeness (QED) is 0.486. The molecule has 0 aromatic heterocycles. The van der Waals surface area contributed by atoms with Gasteiger partial charge in [-0.25, -0.2) is 0 Å². The van der Waals surface area contributed by atoms with Crippen molar-refractivity contribution in [3.8, 4) is 0 Å². The third-order valence-corrected chi connectivity index (χ3v) is 2.86. The number of methoxy groups -OCH3 is 1. The molecular formula is C10H10BrNO4. The van der Waals surface area contributed by atoms with Crippen LogP contribution in [0.25, 0.3) is 0 Å². The van der Waals surface area contributed by atoms with Crippen LogP contribution in [0.3, 0.4) is 0 Å². The predicted molar refractivity (Wildman–Crippen MR) is 61.3 cm³/mol. The van der Waals surface area contributed by atoms with Gasteiger partial charge < -0.3 is 4.74 Å². The Morgan fingerprint density at radius 2 is 2.19 bits per heavy atom. The number of aryl methyl sites for hydroxylation is 1. The molecule has 1 rings (SSSR count). The lowest BCUT2D eigenvalue weighted by atomic mass is 10.1. The molecule has 0 saturated carbocycles. The first-order valence-corrected chi connectivity index (χ1v) is 5.25. The van der Waals surface area contributed by atoms with E-state index in [-0.39, 0.29) is 12.1 Å². The highest BCUT2D eigenvalue weighted by molar-refractivity contribution is 9.10. The third-order valence-electron chi connectivity index (χ3n) is 2.12. The number of carbonyl (C=O) groups is 1. The summed E-state index contributed by atoms with van der Waals surface area (Å²) in [5.74, 6) is -0.432. The van der Waals surface area contributed by atoms with Gasteiger partial charge in [0.1, 0.15) is 0 Å². The summed E-state index contributed by atoms with van der Waals surface area (Å²) in [5, 5.41) is 10.7. The predicted octanol–water partition coefficient (Wildman–Crippen LogP) is 2.38. The van der Waals surface area contributed by atoms with E-state index in [1.165, 1.54) is 13.2 Å². The highest BCUT2D eigenvalue weighted by atomic mass is 79.9. The zero-order valence-corrected chi connectivity index (χ0v) is 10.4. The molecule has 0 aliphatic heterocycles. The van der Waals surface area contributed by atoms with Gasteiger partial charge in [0.2, 0.25) is 0 Å². The lowest BCUT2D eigenvalue weighted by Gasteiger charge is -2.05. The molecule has 1 aromatic rings. The Balaban J connectivity index is 3.14. The van der Waals surface area contributed by atoms with Crippen LogP contribution in [0.1, 0.15) is 11.1 Å². The maximum absolute atomic E-state index is 11.1. The van der Waals surface area contributed by atoms with Crippen molar-refractivity contribution >= 4 is 27.6 Å². The summed E-state index contributed by atoms with van der Waals surface area (Å²) >= 11 is 3.26. The normalized spacial score (nSPS) is 9.94. The molecule has 0 N–H and O–H groups in total. The minimum atomic E-state index is -0.470. The molecule has 0 saturated heterocycles.